The lowest BCUT2D eigenvalue weighted by atomic mass is 10.1. The summed E-state index contributed by atoms with van der Waals surface area (Å²) in [4.78, 5) is 16.5. The van der Waals surface area contributed by atoms with Crippen LogP contribution in [-0.4, -0.2) is 44.7 Å². The summed E-state index contributed by atoms with van der Waals surface area (Å²) < 4.78 is 15.6. The fraction of sp³-hybridized carbons (Fsp3) is 0.292. The fourth-order valence-corrected chi connectivity index (χ4v) is 4.80. The van der Waals surface area contributed by atoms with Gasteiger partial charge in [-0.25, -0.2) is 14.4 Å². The predicted molar refractivity (Wildman–Crippen MR) is 119 cm³/mol. The van der Waals surface area contributed by atoms with Crippen molar-refractivity contribution in [1.82, 2.24) is 24.8 Å². The van der Waals surface area contributed by atoms with Crippen LogP contribution >= 0.6 is 0 Å². The van der Waals surface area contributed by atoms with Crippen molar-refractivity contribution >= 4 is 17.0 Å². The third-order valence-electron chi connectivity index (χ3n) is 6.36. The van der Waals surface area contributed by atoms with E-state index in [0.717, 1.165) is 53.6 Å². The molecule has 2 bridgehead atoms. The molecule has 2 aliphatic heterocycles. The van der Waals surface area contributed by atoms with Crippen molar-refractivity contribution in [2.24, 2.45) is 0 Å². The number of nitrogens with one attached hydrogen (secondary N) is 1. The molecule has 3 aromatic heterocycles. The van der Waals surface area contributed by atoms with Gasteiger partial charge in [0.1, 0.15) is 23.0 Å². The summed E-state index contributed by atoms with van der Waals surface area (Å²) in [6.07, 6.45) is 7.17. The lowest BCUT2D eigenvalue weighted by Crippen LogP contribution is -2.35. The molecule has 5 heterocycles. The largest absolute Gasteiger partial charge is 0.355 e. The zero-order valence-corrected chi connectivity index (χ0v) is 17.1. The molecule has 1 aromatic carbocycles. The molecule has 4 aromatic rings. The molecule has 31 heavy (non-hydrogen) atoms. The minimum atomic E-state index is -0.264. The van der Waals surface area contributed by atoms with E-state index in [2.05, 4.69) is 21.3 Å². The SMILES string of the molecule is Fc1ccc(-c2nc3ccc(N4CC[C@@H]5CC[C@H](C4)N5)nc3n2-c2ccncc2)cc1. The van der Waals surface area contributed by atoms with Crippen LogP contribution in [0.25, 0.3) is 28.2 Å². The van der Waals surface area contributed by atoms with Crippen molar-refractivity contribution in [3.63, 3.8) is 0 Å². The van der Waals surface area contributed by atoms with E-state index in [1.807, 2.05) is 22.8 Å². The van der Waals surface area contributed by atoms with Crippen LogP contribution in [-0.2, 0) is 0 Å². The van der Waals surface area contributed by atoms with Gasteiger partial charge in [-0.1, -0.05) is 0 Å². The first kappa shape index (κ1) is 18.4. The van der Waals surface area contributed by atoms with Gasteiger partial charge in [0.2, 0.25) is 0 Å². The molecule has 0 radical (unpaired) electrons. The van der Waals surface area contributed by atoms with Crippen LogP contribution in [0.4, 0.5) is 10.2 Å². The lowest BCUT2D eigenvalue weighted by molar-refractivity contribution is 0.563. The highest BCUT2D eigenvalue weighted by Gasteiger charge is 2.30. The Labute approximate surface area is 179 Å². The normalized spacial score (nSPS) is 20.9. The standard InChI is InChI=1S/C24H23FN6/c25-17-3-1-16(2-4-17)23-28-21-7-8-22(30-14-11-18-5-6-19(15-30)27-18)29-24(21)31(23)20-9-12-26-13-10-20/h1-4,7-10,12-13,18-19,27H,5-6,11,14-15H2/t18-,19+/m0/s1. The molecule has 2 aliphatic rings. The number of fused-ring (bicyclic) bond motifs is 3. The van der Waals surface area contributed by atoms with Crippen molar-refractivity contribution in [3.05, 3.63) is 66.7 Å². The zero-order valence-electron chi connectivity index (χ0n) is 17.1. The summed E-state index contributed by atoms with van der Waals surface area (Å²) in [5.41, 5.74) is 3.38. The number of benzene rings is 1. The van der Waals surface area contributed by atoms with Crippen LogP contribution in [0.2, 0.25) is 0 Å². The van der Waals surface area contributed by atoms with Crippen molar-refractivity contribution in [3.8, 4) is 17.1 Å². The fourth-order valence-electron chi connectivity index (χ4n) is 4.80. The molecule has 2 atom stereocenters. The average molecular weight is 414 g/mol. The van der Waals surface area contributed by atoms with Crippen molar-refractivity contribution in [2.75, 3.05) is 18.0 Å². The quantitative estimate of drug-likeness (QED) is 0.550. The van der Waals surface area contributed by atoms with Gasteiger partial charge in [0.05, 0.1) is 5.69 Å². The van der Waals surface area contributed by atoms with Crippen LogP contribution in [0.1, 0.15) is 19.3 Å². The molecule has 7 heteroatoms. The number of aromatic nitrogens is 4. The van der Waals surface area contributed by atoms with Gasteiger partial charge in [-0.3, -0.25) is 9.55 Å². The predicted octanol–water partition coefficient (Wildman–Crippen LogP) is 3.95. The molecule has 2 fully saturated rings. The second-order valence-electron chi connectivity index (χ2n) is 8.37. The highest BCUT2D eigenvalue weighted by Crippen LogP contribution is 2.30. The van der Waals surface area contributed by atoms with E-state index in [1.165, 1.54) is 25.0 Å². The number of pyridine rings is 2. The number of nitrogens with zero attached hydrogens (tertiary/aromatic N) is 5. The molecule has 0 aliphatic carbocycles. The molecule has 0 unspecified atom stereocenters. The molecule has 1 N–H and O–H groups in total. The molecule has 156 valence electrons. The van der Waals surface area contributed by atoms with Crippen LogP contribution in [0.15, 0.2) is 60.9 Å². The number of hydrogen-bond donors (Lipinski definition) is 1. The zero-order chi connectivity index (χ0) is 20.8. The van der Waals surface area contributed by atoms with E-state index in [-0.39, 0.29) is 5.82 Å². The van der Waals surface area contributed by atoms with Crippen molar-refractivity contribution < 1.29 is 4.39 Å². The second-order valence-corrected chi connectivity index (χ2v) is 8.37. The first-order valence-corrected chi connectivity index (χ1v) is 10.8. The second kappa shape index (κ2) is 7.42. The number of anilines is 1. The Hall–Kier alpha value is -3.32. The van der Waals surface area contributed by atoms with E-state index in [4.69, 9.17) is 9.97 Å². The highest BCUT2D eigenvalue weighted by molar-refractivity contribution is 5.81. The summed E-state index contributed by atoms with van der Waals surface area (Å²) in [6, 6.07) is 15.6. The molecular formula is C24H23FN6. The summed E-state index contributed by atoms with van der Waals surface area (Å²) in [5, 5.41) is 3.73. The van der Waals surface area contributed by atoms with Gasteiger partial charge in [-0.15, -0.1) is 0 Å². The van der Waals surface area contributed by atoms with Crippen molar-refractivity contribution in [1.29, 1.82) is 0 Å². The van der Waals surface area contributed by atoms with E-state index in [9.17, 15) is 4.39 Å². The molecule has 6 rings (SSSR count). The molecule has 2 saturated heterocycles. The first-order valence-electron chi connectivity index (χ1n) is 10.8. The van der Waals surface area contributed by atoms with Gasteiger partial charge < -0.3 is 10.2 Å². The lowest BCUT2D eigenvalue weighted by Gasteiger charge is -2.25. The summed E-state index contributed by atoms with van der Waals surface area (Å²) in [7, 11) is 0. The Morgan fingerprint density at radius 3 is 2.52 bits per heavy atom. The Bertz CT molecular complexity index is 1220. The molecule has 6 nitrogen and oxygen atoms in total. The van der Waals surface area contributed by atoms with Gasteiger partial charge in [0.25, 0.3) is 0 Å². The van der Waals surface area contributed by atoms with Crippen molar-refractivity contribution in [2.45, 2.75) is 31.3 Å². The number of rotatable bonds is 3. The van der Waals surface area contributed by atoms with E-state index in [0.29, 0.717) is 12.1 Å². The Morgan fingerprint density at radius 1 is 0.871 bits per heavy atom. The van der Waals surface area contributed by atoms with E-state index in [1.54, 1.807) is 24.5 Å². The van der Waals surface area contributed by atoms with Gasteiger partial charge in [0.15, 0.2) is 5.65 Å². The van der Waals surface area contributed by atoms with Crippen LogP contribution in [0, 0.1) is 5.82 Å². The topological polar surface area (TPSA) is 58.9 Å². The van der Waals surface area contributed by atoms with Gasteiger partial charge in [-0.2, -0.15) is 0 Å². The third kappa shape index (κ3) is 3.35. The third-order valence-corrected chi connectivity index (χ3v) is 6.36. The highest BCUT2D eigenvalue weighted by atomic mass is 19.1. The van der Waals surface area contributed by atoms with Gasteiger partial charge in [0, 0.05) is 43.1 Å². The smallest absolute Gasteiger partial charge is 0.167 e. The van der Waals surface area contributed by atoms with Gasteiger partial charge in [-0.05, 0) is 67.8 Å². The molecular weight excluding hydrogens is 391 g/mol. The van der Waals surface area contributed by atoms with E-state index >= 15 is 0 Å². The first-order chi connectivity index (χ1) is 15.2. The number of imidazole rings is 1. The maximum Gasteiger partial charge on any atom is 0.167 e. The summed E-state index contributed by atoms with van der Waals surface area (Å²) in [6.45, 7) is 1.98. The van der Waals surface area contributed by atoms with Crippen LogP contribution in [0.3, 0.4) is 0 Å². The molecule has 0 amide bonds. The summed E-state index contributed by atoms with van der Waals surface area (Å²) in [5.74, 6) is 1.45. The van der Waals surface area contributed by atoms with Gasteiger partial charge >= 0.3 is 0 Å². The monoisotopic (exact) mass is 414 g/mol. The number of hydrogen-bond acceptors (Lipinski definition) is 5. The molecule has 0 spiro atoms. The Kier molecular flexibility index (Phi) is 4.42. The van der Waals surface area contributed by atoms with Crippen LogP contribution in [0.5, 0.6) is 0 Å². The Balaban J connectivity index is 1.49. The van der Waals surface area contributed by atoms with Crippen LogP contribution < -0.4 is 10.2 Å². The van der Waals surface area contributed by atoms with E-state index < -0.39 is 0 Å². The minimum Gasteiger partial charge on any atom is -0.355 e. The maximum atomic E-state index is 13.5. The Morgan fingerprint density at radius 2 is 1.68 bits per heavy atom. The number of halogens is 1. The maximum absolute atomic E-state index is 13.5. The minimum absolute atomic E-state index is 0.264. The summed E-state index contributed by atoms with van der Waals surface area (Å²) >= 11 is 0. The molecule has 0 saturated carbocycles. The average Bonchev–Trinajstić information content (AvgIpc) is 3.34.